The summed E-state index contributed by atoms with van der Waals surface area (Å²) in [4.78, 5) is 11.2. The number of carbonyl (C=O) groups excluding carboxylic acids is 1. The SMILES string of the molecule is C=C1NC(=O)CC[C@@H]1c1ccc(C(C)C)cc1. The zero-order valence-corrected chi connectivity index (χ0v) is 10.5. The van der Waals surface area contributed by atoms with E-state index < -0.39 is 0 Å². The van der Waals surface area contributed by atoms with E-state index in [0.29, 0.717) is 12.3 Å². The number of nitrogens with one attached hydrogen (secondary N) is 1. The van der Waals surface area contributed by atoms with Gasteiger partial charge in [-0.1, -0.05) is 44.7 Å². The summed E-state index contributed by atoms with van der Waals surface area (Å²) in [6.45, 7) is 8.33. The average molecular weight is 229 g/mol. The van der Waals surface area contributed by atoms with Crippen molar-refractivity contribution in [2.75, 3.05) is 0 Å². The van der Waals surface area contributed by atoms with Gasteiger partial charge < -0.3 is 5.32 Å². The van der Waals surface area contributed by atoms with Crippen LogP contribution in [0.4, 0.5) is 0 Å². The van der Waals surface area contributed by atoms with Crippen LogP contribution < -0.4 is 5.32 Å². The van der Waals surface area contributed by atoms with E-state index in [2.05, 4.69) is 50.0 Å². The molecule has 0 radical (unpaired) electrons. The molecule has 0 bridgehead atoms. The number of amides is 1. The van der Waals surface area contributed by atoms with Crippen molar-refractivity contribution in [2.45, 2.75) is 38.5 Å². The second-order valence-electron chi connectivity index (χ2n) is 4.99. The summed E-state index contributed by atoms with van der Waals surface area (Å²) in [7, 11) is 0. The maximum absolute atomic E-state index is 11.2. The molecule has 1 aliphatic heterocycles. The van der Waals surface area contributed by atoms with Crippen LogP contribution in [-0.2, 0) is 4.79 Å². The fourth-order valence-electron chi connectivity index (χ4n) is 2.26. The van der Waals surface area contributed by atoms with Crippen LogP contribution in [0.25, 0.3) is 0 Å². The lowest BCUT2D eigenvalue weighted by molar-refractivity contribution is -0.121. The van der Waals surface area contributed by atoms with E-state index in [0.717, 1.165) is 12.1 Å². The molecule has 1 saturated heterocycles. The fourth-order valence-corrected chi connectivity index (χ4v) is 2.26. The van der Waals surface area contributed by atoms with Gasteiger partial charge in [0.25, 0.3) is 0 Å². The standard InChI is InChI=1S/C15H19NO/c1-10(2)12-4-6-13(7-5-12)14-8-9-15(17)16-11(14)3/h4-7,10,14H,3,8-9H2,1-2H3,(H,16,17)/t14-/m0/s1. The molecule has 0 aromatic heterocycles. The van der Waals surface area contributed by atoms with Gasteiger partial charge in [-0.15, -0.1) is 0 Å². The predicted octanol–water partition coefficient (Wildman–Crippen LogP) is 3.32. The van der Waals surface area contributed by atoms with Crippen LogP contribution >= 0.6 is 0 Å². The van der Waals surface area contributed by atoms with Gasteiger partial charge in [-0.05, 0) is 23.5 Å². The van der Waals surface area contributed by atoms with E-state index in [4.69, 9.17) is 0 Å². The molecule has 0 unspecified atom stereocenters. The molecule has 2 nitrogen and oxygen atoms in total. The molecule has 1 aliphatic rings. The average Bonchev–Trinajstić information content (AvgIpc) is 2.29. The Morgan fingerprint density at radius 3 is 2.47 bits per heavy atom. The maximum atomic E-state index is 11.2. The molecular formula is C15H19NO. The van der Waals surface area contributed by atoms with Crippen LogP contribution in [0.2, 0.25) is 0 Å². The Hall–Kier alpha value is -1.57. The smallest absolute Gasteiger partial charge is 0.224 e. The molecule has 0 spiro atoms. The monoisotopic (exact) mass is 229 g/mol. The van der Waals surface area contributed by atoms with Crippen LogP contribution in [-0.4, -0.2) is 5.91 Å². The van der Waals surface area contributed by atoms with Crippen LogP contribution in [0.15, 0.2) is 36.5 Å². The van der Waals surface area contributed by atoms with Crippen molar-refractivity contribution >= 4 is 5.91 Å². The molecule has 0 saturated carbocycles. The first-order valence-electron chi connectivity index (χ1n) is 6.16. The third-order valence-electron chi connectivity index (χ3n) is 3.39. The Morgan fingerprint density at radius 2 is 1.94 bits per heavy atom. The summed E-state index contributed by atoms with van der Waals surface area (Å²) in [6.07, 6.45) is 1.46. The molecule has 1 aromatic rings. The van der Waals surface area contributed by atoms with Crippen molar-refractivity contribution in [3.63, 3.8) is 0 Å². The molecule has 2 rings (SSSR count). The van der Waals surface area contributed by atoms with Gasteiger partial charge in [-0.25, -0.2) is 0 Å². The van der Waals surface area contributed by atoms with Crippen LogP contribution in [0, 0.1) is 0 Å². The maximum Gasteiger partial charge on any atom is 0.224 e. The van der Waals surface area contributed by atoms with E-state index in [1.165, 1.54) is 11.1 Å². The summed E-state index contributed by atoms with van der Waals surface area (Å²) >= 11 is 0. The van der Waals surface area contributed by atoms with Crippen molar-refractivity contribution in [2.24, 2.45) is 0 Å². The van der Waals surface area contributed by atoms with Crippen molar-refractivity contribution in [3.8, 4) is 0 Å². The highest BCUT2D eigenvalue weighted by molar-refractivity contribution is 5.79. The largest absolute Gasteiger partial charge is 0.330 e. The van der Waals surface area contributed by atoms with Crippen molar-refractivity contribution < 1.29 is 4.79 Å². The minimum Gasteiger partial charge on any atom is -0.330 e. The Bertz CT molecular complexity index is 431. The van der Waals surface area contributed by atoms with E-state index in [1.54, 1.807) is 0 Å². The predicted molar refractivity (Wildman–Crippen MR) is 69.8 cm³/mol. The van der Waals surface area contributed by atoms with E-state index in [-0.39, 0.29) is 11.8 Å². The molecule has 90 valence electrons. The lowest BCUT2D eigenvalue weighted by atomic mass is 9.87. The number of benzene rings is 1. The van der Waals surface area contributed by atoms with Crippen molar-refractivity contribution in [3.05, 3.63) is 47.7 Å². The first-order chi connectivity index (χ1) is 8.08. The molecular weight excluding hydrogens is 210 g/mol. The highest BCUT2D eigenvalue weighted by Gasteiger charge is 2.23. The Kier molecular flexibility index (Phi) is 3.32. The van der Waals surface area contributed by atoms with Crippen LogP contribution in [0.1, 0.15) is 49.7 Å². The summed E-state index contributed by atoms with van der Waals surface area (Å²) in [5.41, 5.74) is 3.43. The van der Waals surface area contributed by atoms with Crippen molar-refractivity contribution in [1.29, 1.82) is 0 Å². The zero-order chi connectivity index (χ0) is 12.4. The Balaban J connectivity index is 2.17. The summed E-state index contributed by atoms with van der Waals surface area (Å²) in [5, 5.41) is 2.83. The molecule has 17 heavy (non-hydrogen) atoms. The highest BCUT2D eigenvalue weighted by Crippen LogP contribution is 2.30. The third kappa shape index (κ3) is 2.57. The van der Waals surface area contributed by atoms with Crippen molar-refractivity contribution in [1.82, 2.24) is 5.32 Å². The summed E-state index contributed by atoms with van der Waals surface area (Å²) in [5.74, 6) is 0.914. The lowest BCUT2D eigenvalue weighted by Gasteiger charge is -2.25. The Labute approximate surface area is 103 Å². The molecule has 2 heteroatoms. The minimum atomic E-state index is 0.0880. The number of allylic oxidation sites excluding steroid dienone is 1. The molecule has 1 N–H and O–H groups in total. The number of hydrogen-bond acceptors (Lipinski definition) is 1. The van der Waals surface area contributed by atoms with E-state index >= 15 is 0 Å². The van der Waals surface area contributed by atoms with Crippen LogP contribution in [0.3, 0.4) is 0 Å². The molecule has 1 atom stereocenters. The third-order valence-corrected chi connectivity index (χ3v) is 3.39. The first-order valence-corrected chi connectivity index (χ1v) is 6.16. The minimum absolute atomic E-state index is 0.0880. The van der Waals surface area contributed by atoms with Gasteiger partial charge in [0.2, 0.25) is 5.91 Å². The number of hydrogen-bond donors (Lipinski definition) is 1. The second-order valence-corrected chi connectivity index (χ2v) is 4.99. The lowest BCUT2D eigenvalue weighted by Crippen LogP contribution is -2.31. The van der Waals surface area contributed by atoms with E-state index in [1.807, 2.05) is 0 Å². The fraction of sp³-hybridized carbons (Fsp3) is 0.400. The van der Waals surface area contributed by atoms with Gasteiger partial charge >= 0.3 is 0 Å². The van der Waals surface area contributed by atoms with Gasteiger partial charge in [0, 0.05) is 18.0 Å². The zero-order valence-electron chi connectivity index (χ0n) is 10.5. The molecule has 1 heterocycles. The Morgan fingerprint density at radius 1 is 1.29 bits per heavy atom. The second kappa shape index (κ2) is 4.74. The van der Waals surface area contributed by atoms with Gasteiger partial charge in [0.1, 0.15) is 0 Å². The summed E-state index contributed by atoms with van der Waals surface area (Å²) < 4.78 is 0. The topological polar surface area (TPSA) is 29.1 Å². The summed E-state index contributed by atoms with van der Waals surface area (Å²) in [6, 6.07) is 8.65. The number of carbonyl (C=O) groups is 1. The molecule has 1 aromatic carbocycles. The van der Waals surface area contributed by atoms with Crippen LogP contribution in [0.5, 0.6) is 0 Å². The molecule has 1 fully saturated rings. The van der Waals surface area contributed by atoms with Gasteiger partial charge in [-0.3, -0.25) is 4.79 Å². The van der Waals surface area contributed by atoms with Gasteiger partial charge in [0.05, 0.1) is 0 Å². The molecule has 1 amide bonds. The quantitative estimate of drug-likeness (QED) is 0.828. The normalized spacial score (nSPS) is 20.5. The van der Waals surface area contributed by atoms with Gasteiger partial charge in [-0.2, -0.15) is 0 Å². The highest BCUT2D eigenvalue weighted by atomic mass is 16.1. The number of rotatable bonds is 2. The number of piperidine rings is 1. The van der Waals surface area contributed by atoms with Gasteiger partial charge in [0.15, 0.2) is 0 Å². The van der Waals surface area contributed by atoms with E-state index in [9.17, 15) is 4.79 Å². The molecule has 0 aliphatic carbocycles. The first kappa shape index (κ1) is 11.9.